The fourth-order valence-corrected chi connectivity index (χ4v) is 18.4. The van der Waals surface area contributed by atoms with Crippen molar-refractivity contribution in [1.82, 2.24) is 3.80 Å². The average molecular weight is 448 g/mol. The van der Waals surface area contributed by atoms with Crippen LogP contribution < -0.4 is 3.80 Å². The van der Waals surface area contributed by atoms with Gasteiger partial charge in [0.2, 0.25) is 0 Å². The number of aliphatic hydroxyl groups is 1. The summed E-state index contributed by atoms with van der Waals surface area (Å²) in [6.07, 6.45) is 0. The van der Waals surface area contributed by atoms with Crippen LogP contribution in [0.5, 0.6) is 0 Å². The van der Waals surface area contributed by atoms with E-state index in [-0.39, 0.29) is 37.0 Å². The summed E-state index contributed by atoms with van der Waals surface area (Å²) in [4.78, 5) is 0. The predicted molar refractivity (Wildman–Crippen MR) is 117 cm³/mol. The molecule has 0 aliphatic heterocycles. The van der Waals surface area contributed by atoms with E-state index in [4.69, 9.17) is 0 Å². The quantitative estimate of drug-likeness (QED) is 0.671. The largest absolute Gasteiger partial charge is 0.147 e. The second kappa shape index (κ2) is 8.08. The molecule has 0 unspecified atom stereocenters. The van der Waals surface area contributed by atoms with Gasteiger partial charge < -0.3 is 0 Å². The van der Waals surface area contributed by atoms with Crippen molar-refractivity contribution in [3.63, 3.8) is 0 Å². The van der Waals surface area contributed by atoms with Crippen LogP contribution >= 0.6 is 24.8 Å². The Bertz CT molecular complexity index is 804. The number of nitrogens with one attached hydrogen (secondary N) is 1. The Morgan fingerprint density at radius 1 is 0.962 bits per heavy atom. The van der Waals surface area contributed by atoms with Gasteiger partial charge in [-0.25, -0.2) is 0 Å². The normalized spacial score (nSPS) is 14.1. The zero-order chi connectivity index (χ0) is 17.6. The molecule has 0 aromatic heterocycles. The fourth-order valence-electron chi connectivity index (χ4n) is 4.77. The molecule has 0 spiro atoms. The fraction of sp³-hybridized carbons (Fsp3) is 0.400. The summed E-state index contributed by atoms with van der Waals surface area (Å²) in [5, 5.41) is 12.4. The van der Waals surface area contributed by atoms with Crippen LogP contribution in [0.4, 0.5) is 0 Å². The van der Waals surface area contributed by atoms with Gasteiger partial charge in [-0.2, -0.15) is 0 Å². The zero-order valence-electron chi connectivity index (χ0n) is 16.1. The van der Waals surface area contributed by atoms with E-state index in [1.807, 2.05) is 0 Å². The molecule has 2 N–H and O–H groups in total. The molecule has 1 aliphatic rings. The van der Waals surface area contributed by atoms with Crippen LogP contribution in [0.15, 0.2) is 48.5 Å². The van der Waals surface area contributed by atoms with Crippen molar-refractivity contribution >= 4 is 32.4 Å². The molecule has 0 radical (unpaired) electrons. The first-order valence-corrected chi connectivity index (χ1v) is 17.2. The monoisotopic (exact) mass is 447 g/mol. The van der Waals surface area contributed by atoms with Gasteiger partial charge in [-0.15, -0.1) is 24.8 Å². The second-order valence-corrected chi connectivity index (χ2v) is 26.6. The summed E-state index contributed by atoms with van der Waals surface area (Å²) in [7, 11) is 2.19. The predicted octanol–water partition coefficient (Wildman–Crippen LogP) is 4.60. The number of benzene rings is 2. The van der Waals surface area contributed by atoms with Crippen LogP contribution in [0.1, 0.15) is 36.1 Å². The molecule has 0 saturated heterocycles. The molecule has 26 heavy (non-hydrogen) atoms. The van der Waals surface area contributed by atoms with E-state index in [2.05, 4.69) is 86.0 Å². The van der Waals surface area contributed by atoms with Crippen LogP contribution in [0.3, 0.4) is 0 Å². The van der Waals surface area contributed by atoms with Gasteiger partial charge in [0, 0.05) is 0 Å². The molecule has 1 aliphatic carbocycles. The first-order chi connectivity index (χ1) is 11.1. The number of rotatable bonds is 4. The first-order valence-electron chi connectivity index (χ1n) is 8.79. The summed E-state index contributed by atoms with van der Waals surface area (Å²) in [5.74, 6) is 0. The molecule has 0 saturated carbocycles. The minimum atomic E-state index is -3.26. The van der Waals surface area contributed by atoms with Crippen molar-refractivity contribution in [2.24, 2.45) is 0 Å². The van der Waals surface area contributed by atoms with E-state index in [0.717, 1.165) is 4.73 Å². The molecule has 0 fully saturated rings. The second-order valence-electron chi connectivity index (χ2n) is 8.86. The zero-order valence-corrected chi connectivity index (χ0v) is 20.7. The van der Waals surface area contributed by atoms with Gasteiger partial charge in [-0.3, -0.25) is 0 Å². The van der Waals surface area contributed by atoms with E-state index >= 15 is 0 Å². The molecule has 0 atom stereocenters. The standard InChI is InChI=1S/C13H9.C4H10N.C2H5O.CH3.2ClH.H2Si.Ti/c1-3-7-12-10(5-1)9-11-6-2-4-8-13(11)12;1-4(2,3)5;1-2-3;;;;;/h1-9H;5H,1-3H3;3H,1-2H2;1H3;2*1H;1H2;/q;-1;;;;;;+1. The maximum Gasteiger partial charge on any atom is -0.147 e. The number of halogens is 2. The third-order valence-corrected chi connectivity index (χ3v) is 17.6. The summed E-state index contributed by atoms with van der Waals surface area (Å²) < 4.78 is 5.37. The molecular formula is C20H31Cl2NOSiTi. The van der Waals surface area contributed by atoms with Crippen LogP contribution in [0.25, 0.3) is 11.1 Å². The molecule has 2 aromatic carbocycles. The van der Waals surface area contributed by atoms with Crippen LogP contribution in [0.2, 0.25) is 9.95 Å². The van der Waals surface area contributed by atoms with E-state index in [1.54, 1.807) is 0 Å². The Labute approximate surface area is 172 Å². The van der Waals surface area contributed by atoms with Gasteiger partial charge in [0.25, 0.3) is 0 Å². The van der Waals surface area contributed by atoms with Gasteiger partial charge in [-0.1, -0.05) is 0 Å². The molecular weight excluding hydrogens is 417 g/mol. The molecule has 144 valence electrons. The van der Waals surface area contributed by atoms with Gasteiger partial charge >= 0.3 is 149 Å². The number of hydrogen-bond donors (Lipinski definition) is 2. The number of fused-ring (bicyclic) bond motifs is 3. The van der Waals surface area contributed by atoms with Crippen molar-refractivity contribution < 1.29 is 19.4 Å². The topological polar surface area (TPSA) is 32.3 Å². The molecule has 2 nitrogen and oxygen atoms in total. The van der Waals surface area contributed by atoms with Crippen molar-refractivity contribution in [2.75, 3.05) is 6.61 Å². The van der Waals surface area contributed by atoms with E-state index in [0.29, 0.717) is 4.22 Å². The maximum atomic E-state index is 9.93. The minimum Gasteiger partial charge on any atom is -0.147 e. The Balaban J connectivity index is 0.00000169. The van der Waals surface area contributed by atoms with Gasteiger partial charge in [0.05, 0.1) is 0 Å². The Morgan fingerprint density at radius 3 is 1.77 bits per heavy atom. The van der Waals surface area contributed by atoms with Crippen molar-refractivity contribution in [2.45, 2.75) is 40.5 Å². The summed E-state index contributed by atoms with van der Waals surface area (Å²) in [5.41, 5.74) is 5.67. The molecule has 0 heterocycles. The van der Waals surface area contributed by atoms with E-state index in [9.17, 15) is 5.11 Å². The van der Waals surface area contributed by atoms with Gasteiger partial charge in [0.1, 0.15) is 0 Å². The van der Waals surface area contributed by atoms with Gasteiger partial charge in [0.15, 0.2) is 0 Å². The SMILES string of the molecule is CC(C)(C)[NH][Ti]([CH3])(=[SiH2])([CH2]CO)[CH]1c2ccccc2-c2ccccc21.Cl.Cl. The summed E-state index contributed by atoms with van der Waals surface area (Å²) in [6, 6.07) is 17.7. The summed E-state index contributed by atoms with van der Waals surface area (Å²) in [6.45, 7) is 6.99. The summed E-state index contributed by atoms with van der Waals surface area (Å²) >= 11 is -3.26. The van der Waals surface area contributed by atoms with Gasteiger partial charge in [-0.05, 0) is 0 Å². The Morgan fingerprint density at radius 2 is 1.38 bits per heavy atom. The first kappa shape index (κ1) is 23.9. The average Bonchev–Trinajstić information content (AvgIpc) is 2.80. The maximum absolute atomic E-state index is 9.93. The molecule has 3 rings (SSSR count). The van der Waals surface area contributed by atoms with Crippen LogP contribution in [0, 0.1) is 0 Å². The van der Waals surface area contributed by atoms with E-state index in [1.165, 1.54) is 22.3 Å². The molecule has 6 heteroatoms. The van der Waals surface area contributed by atoms with Crippen LogP contribution in [-0.2, 0) is 14.3 Å². The molecule has 2 aromatic rings. The number of hydrogen-bond acceptors (Lipinski definition) is 2. The minimum absolute atomic E-state index is 0. The Kier molecular flexibility index (Phi) is 7.43. The molecule has 0 amide bonds. The van der Waals surface area contributed by atoms with E-state index < -0.39 is 14.3 Å². The third kappa shape index (κ3) is 4.30. The Hall–Kier alpha value is -0.129. The van der Waals surface area contributed by atoms with Crippen molar-refractivity contribution in [3.05, 3.63) is 59.7 Å². The smallest absolute Gasteiger partial charge is 0.147 e. The van der Waals surface area contributed by atoms with Crippen LogP contribution in [-0.4, -0.2) is 24.9 Å². The third-order valence-electron chi connectivity index (χ3n) is 5.23. The number of aliphatic hydroxyl groups excluding tert-OH is 1. The van der Waals surface area contributed by atoms with Crippen molar-refractivity contribution in [3.8, 4) is 11.1 Å². The molecule has 0 bridgehead atoms. The van der Waals surface area contributed by atoms with Crippen molar-refractivity contribution in [1.29, 1.82) is 0 Å².